The van der Waals surface area contributed by atoms with Crippen LogP contribution in [0.5, 0.6) is 17.2 Å². The summed E-state index contributed by atoms with van der Waals surface area (Å²) in [6, 6.07) is 11.6. The van der Waals surface area contributed by atoms with Gasteiger partial charge in [0.05, 0.1) is 23.7 Å². The molecule has 1 N–H and O–H groups in total. The zero-order valence-corrected chi connectivity index (χ0v) is 19.5. The molecule has 0 aliphatic carbocycles. The molecule has 0 atom stereocenters. The van der Waals surface area contributed by atoms with Crippen molar-refractivity contribution >= 4 is 21.6 Å². The third-order valence-corrected chi connectivity index (χ3v) is 6.73. The number of para-hydroxylation sites is 2. The smallest absolute Gasteiger partial charge is 0.243 e. The Morgan fingerprint density at radius 3 is 2.56 bits per heavy atom. The van der Waals surface area contributed by atoms with E-state index in [1.54, 1.807) is 24.3 Å². The predicted octanol–water partition coefficient (Wildman–Crippen LogP) is 3.53. The molecule has 0 bridgehead atoms. The minimum atomic E-state index is -3.93. The Labute approximate surface area is 189 Å². The van der Waals surface area contributed by atoms with Gasteiger partial charge in [-0.15, -0.1) is 0 Å². The van der Waals surface area contributed by atoms with Gasteiger partial charge < -0.3 is 19.5 Å². The lowest BCUT2D eigenvalue weighted by atomic mass is 10.1. The van der Waals surface area contributed by atoms with E-state index in [-0.39, 0.29) is 23.9 Å². The molecule has 1 heterocycles. The number of fused-ring (bicyclic) bond motifs is 1. The fourth-order valence-corrected chi connectivity index (χ4v) is 4.65. The number of rotatable bonds is 10. The second-order valence-corrected chi connectivity index (χ2v) is 9.74. The van der Waals surface area contributed by atoms with Gasteiger partial charge in [-0.05, 0) is 43.5 Å². The van der Waals surface area contributed by atoms with Gasteiger partial charge in [-0.2, -0.15) is 4.31 Å². The van der Waals surface area contributed by atoms with E-state index >= 15 is 0 Å². The van der Waals surface area contributed by atoms with Crippen LogP contribution in [-0.2, 0) is 14.8 Å². The monoisotopic (exact) mass is 462 g/mol. The Morgan fingerprint density at radius 2 is 1.84 bits per heavy atom. The van der Waals surface area contributed by atoms with Crippen LogP contribution in [0.1, 0.15) is 27.2 Å². The van der Waals surface area contributed by atoms with Gasteiger partial charge in [-0.1, -0.05) is 26.0 Å². The van der Waals surface area contributed by atoms with E-state index in [0.29, 0.717) is 49.2 Å². The van der Waals surface area contributed by atoms with Gasteiger partial charge in [0.1, 0.15) is 19.0 Å². The lowest BCUT2D eigenvalue weighted by Gasteiger charge is -2.24. The largest absolute Gasteiger partial charge is 0.492 e. The average Bonchev–Trinajstić information content (AvgIpc) is 2.77. The summed E-state index contributed by atoms with van der Waals surface area (Å²) in [5, 5.41) is 2.77. The molecule has 1 aliphatic rings. The second kappa shape index (κ2) is 10.7. The Morgan fingerprint density at radius 1 is 1.12 bits per heavy atom. The summed E-state index contributed by atoms with van der Waals surface area (Å²) < 4.78 is 44.6. The Balaban J connectivity index is 1.82. The maximum Gasteiger partial charge on any atom is 0.243 e. The molecule has 8 nitrogen and oxygen atoms in total. The molecule has 1 aliphatic heterocycles. The van der Waals surface area contributed by atoms with Crippen LogP contribution in [0.25, 0.3) is 0 Å². The number of benzene rings is 2. The number of nitrogens with one attached hydrogen (secondary N) is 1. The van der Waals surface area contributed by atoms with E-state index in [4.69, 9.17) is 14.2 Å². The number of amides is 1. The van der Waals surface area contributed by atoms with Gasteiger partial charge in [-0.25, -0.2) is 8.42 Å². The van der Waals surface area contributed by atoms with Crippen LogP contribution < -0.4 is 19.5 Å². The third kappa shape index (κ3) is 5.92. The first kappa shape index (κ1) is 23.9. The normalized spacial score (nSPS) is 13.3. The predicted molar refractivity (Wildman–Crippen MR) is 122 cm³/mol. The molecular formula is C23H30N2O6S. The number of hydrogen-bond donors (Lipinski definition) is 1. The Hall–Kier alpha value is -2.78. The standard InChI is InChI=1S/C23H30N2O6S/c1-4-29-20-8-6-5-7-19(20)24-23(26)16-25(12-11-17(2)3)32(27,28)18-9-10-21-22(15-18)31-14-13-30-21/h5-10,15,17H,4,11-14,16H2,1-3H3,(H,24,26). The number of carbonyl (C=O) groups excluding carboxylic acids is 1. The summed E-state index contributed by atoms with van der Waals surface area (Å²) in [4.78, 5) is 12.9. The van der Waals surface area contributed by atoms with Gasteiger partial charge >= 0.3 is 0 Å². The summed E-state index contributed by atoms with van der Waals surface area (Å²) >= 11 is 0. The Kier molecular flexibility index (Phi) is 7.98. The van der Waals surface area contributed by atoms with Gasteiger partial charge in [-0.3, -0.25) is 4.79 Å². The van der Waals surface area contributed by atoms with Crippen molar-refractivity contribution in [1.29, 1.82) is 0 Å². The highest BCUT2D eigenvalue weighted by Gasteiger charge is 2.28. The first-order chi connectivity index (χ1) is 15.3. The first-order valence-electron chi connectivity index (χ1n) is 10.7. The van der Waals surface area contributed by atoms with Crippen LogP contribution in [0.4, 0.5) is 5.69 Å². The lowest BCUT2D eigenvalue weighted by Crippen LogP contribution is -2.39. The van der Waals surface area contributed by atoms with Crippen LogP contribution >= 0.6 is 0 Å². The van der Waals surface area contributed by atoms with Crippen molar-refractivity contribution in [1.82, 2.24) is 4.31 Å². The van der Waals surface area contributed by atoms with Crippen molar-refractivity contribution < 1.29 is 27.4 Å². The van der Waals surface area contributed by atoms with E-state index in [9.17, 15) is 13.2 Å². The topological polar surface area (TPSA) is 94.2 Å². The van der Waals surface area contributed by atoms with Crippen LogP contribution in [-0.4, -0.2) is 51.5 Å². The maximum absolute atomic E-state index is 13.4. The van der Waals surface area contributed by atoms with Gasteiger partial charge in [0, 0.05) is 12.6 Å². The van der Waals surface area contributed by atoms with E-state index in [0.717, 1.165) is 0 Å². The number of ether oxygens (including phenoxy) is 3. The molecule has 32 heavy (non-hydrogen) atoms. The molecule has 0 aromatic heterocycles. The summed E-state index contributed by atoms with van der Waals surface area (Å²) in [5.74, 6) is 1.26. The van der Waals surface area contributed by atoms with Crippen LogP contribution in [0, 0.1) is 5.92 Å². The molecule has 1 amide bonds. The molecule has 2 aromatic carbocycles. The molecule has 9 heteroatoms. The minimum absolute atomic E-state index is 0.0630. The number of nitrogens with zero attached hydrogens (tertiary/aromatic N) is 1. The number of sulfonamides is 1. The summed E-state index contributed by atoms with van der Waals surface area (Å²) in [6.45, 7) is 7.00. The zero-order valence-electron chi connectivity index (χ0n) is 18.7. The molecule has 0 fully saturated rings. The number of hydrogen-bond acceptors (Lipinski definition) is 6. The van der Waals surface area contributed by atoms with Crippen LogP contribution in [0.2, 0.25) is 0 Å². The quantitative estimate of drug-likeness (QED) is 0.581. The molecular weight excluding hydrogens is 432 g/mol. The first-order valence-corrected chi connectivity index (χ1v) is 12.2. The van der Waals surface area contributed by atoms with Gasteiger partial charge in [0.15, 0.2) is 11.5 Å². The van der Waals surface area contributed by atoms with Crippen LogP contribution in [0.3, 0.4) is 0 Å². The molecule has 0 radical (unpaired) electrons. The van der Waals surface area contributed by atoms with Crippen molar-refractivity contribution in [2.75, 3.05) is 38.2 Å². The summed E-state index contributed by atoms with van der Waals surface area (Å²) in [6.07, 6.45) is 0.618. The highest BCUT2D eigenvalue weighted by molar-refractivity contribution is 7.89. The molecule has 0 saturated heterocycles. The van der Waals surface area contributed by atoms with Gasteiger partial charge in [0.2, 0.25) is 15.9 Å². The lowest BCUT2D eigenvalue weighted by molar-refractivity contribution is -0.116. The molecule has 0 saturated carbocycles. The molecule has 174 valence electrons. The van der Waals surface area contributed by atoms with Crippen LogP contribution in [0.15, 0.2) is 47.4 Å². The fourth-order valence-electron chi connectivity index (χ4n) is 3.22. The van der Waals surface area contributed by atoms with Crippen molar-refractivity contribution in [2.45, 2.75) is 32.1 Å². The second-order valence-electron chi connectivity index (χ2n) is 7.80. The fraction of sp³-hybridized carbons (Fsp3) is 0.435. The summed E-state index contributed by atoms with van der Waals surface area (Å²) in [5.41, 5.74) is 0.500. The summed E-state index contributed by atoms with van der Waals surface area (Å²) in [7, 11) is -3.93. The van der Waals surface area contributed by atoms with E-state index in [2.05, 4.69) is 5.32 Å². The zero-order chi connectivity index (χ0) is 23.1. The number of carbonyl (C=O) groups is 1. The van der Waals surface area contributed by atoms with Crippen molar-refractivity contribution in [2.24, 2.45) is 5.92 Å². The highest BCUT2D eigenvalue weighted by Crippen LogP contribution is 2.33. The van der Waals surface area contributed by atoms with Crippen molar-refractivity contribution in [3.05, 3.63) is 42.5 Å². The van der Waals surface area contributed by atoms with E-state index in [1.807, 2.05) is 26.8 Å². The van der Waals surface area contributed by atoms with Crippen molar-refractivity contribution in [3.63, 3.8) is 0 Å². The van der Waals surface area contributed by atoms with E-state index in [1.165, 1.54) is 16.4 Å². The molecule has 0 spiro atoms. The molecule has 2 aromatic rings. The maximum atomic E-state index is 13.4. The van der Waals surface area contributed by atoms with E-state index < -0.39 is 15.9 Å². The van der Waals surface area contributed by atoms with Gasteiger partial charge in [0.25, 0.3) is 0 Å². The molecule has 3 rings (SSSR count). The van der Waals surface area contributed by atoms with Crippen molar-refractivity contribution in [3.8, 4) is 17.2 Å². The third-order valence-electron chi connectivity index (χ3n) is 4.89. The highest BCUT2D eigenvalue weighted by atomic mass is 32.2. The molecule has 0 unspecified atom stereocenters. The SMILES string of the molecule is CCOc1ccccc1NC(=O)CN(CCC(C)C)S(=O)(=O)c1ccc2c(c1)OCCO2. The average molecular weight is 463 g/mol. The Bertz CT molecular complexity index is 1040. The number of anilines is 1. The minimum Gasteiger partial charge on any atom is -0.492 e.